The van der Waals surface area contributed by atoms with Gasteiger partial charge in [0.25, 0.3) is 0 Å². The maximum atomic E-state index is 11.5. The van der Waals surface area contributed by atoms with E-state index in [0.29, 0.717) is 19.5 Å². The van der Waals surface area contributed by atoms with Crippen molar-refractivity contribution in [3.8, 4) is 17.1 Å². The second-order valence-corrected chi connectivity index (χ2v) is 6.71. The van der Waals surface area contributed by atoms with Crippen LogP contribution in [0.5, 0.6) is 5.75 Å². The third-order valence-corrected chi connectivity index (χ3v) is 4.85. The van der Waals surface area contributed by atoms with Crippen molar-refractivity contribution < 1.29 is 9.53 Å². The SMILES string of the molecule is COc1ccc(Cn2nc(-c3ccccc3)nc2[C@H]2CCC(=O)NC2)cc1. The highest BCUT2D eigenvalue weighted by Gasteiger charge is 2.25. The van der Waals surface area contributed by atoms with E-state index in [1.54, 1.807) is 7.11 Å². The molecule has 0 bridgehead atoms. The predicted molar refractivity (Wildman–Crippen MR) is 103 cm³/mol. The van der Waals surface area contributed by atoms with Crippen molar-refractivity contribution in [2.45, 2.75) is 25.3 Å². The van der Waals surface area contributed by atoms with Crippen LogP contribution in [0.15, 0.2) is 54.6 Å². The highest BCUT2D eigenvalue weighted by atomic mass is 16.5. The van der Waals surface area contributed by atoms with Gasteiger partial charge in [-0.2, -0.15) is 5.10 Å². The third kappa shape index (κ3) is 3.84. The molecule has 138 valence electrons. The number of hydrogen-bond donors (Lipinski definition) is 1. The van der Waals surface area contributed by atoms with Crippen molar-refractivity contribution in [1.29, 1.82) is 0 Å². The molecule has 0 spiro atoms. The van der Waals surface area contributed by atoms with Crippen LogP contribution in [0.25, 0.3) is 11.4 Å². The highest BCUT2D eigenvalue weighted by molar-refractivity contribution is 5.76. The summed E-state index contributed by atoms with van der Waals surface area (Å²) in [4.78, 5) is 16.4. The molecule has 1 aliphatic heterocycles. The summed E-state index contributed by atoms with van der Waals surface area (Å²) in [6.07, 6.45) is 1.32. The van der Waals surface area contributed by atoms with E-state index in [1.807, 2.05) is 59.3 Å². The van der Waals surface area contributed by atoms with Crippen LogP contribution in [0, 0.1) is 0 Å². The fourth-order valence-corrected chi connectivity index (χ4v) is 3.34. The quantitative estimate of drug-likeness (QED) is 0.758. The molecule has 3 aromatic rings. The maximum Gasteiger partial charge on any atom is 0.220 e. The largest absolute Gasteiger partial charge is 0.497 e. The van der Waals surface area contributed by atoms with Gasteiger partial charge < -0.3 is 10.1 Å². The van der Waals surface area contributed by atoms with Crippen molar-refractivity contribution in [3.63, 3.8) is 0 Å². The molecule has 1 N–H and O–H groups in total. The topological polar surface area (TPSA) is 69.0 Å². The summed E-state index contributed by atoms with van der Waals surface area (Å²) < 4.78 is 7.20. The van der Waals surface area contributed by atoms with Gasteiger partial charge in [-0.25, -0.2) is 9.67 Å². The summed E-state index contributed by atoms with van der Waals surface area (Å²) in [6, 6.07) is 18.0. The lowest BCUT2D eigenvalue weighted by Crippen LogP contribution is -2.35. The van der Waals surface area contributed by atoms with Crippen LogP contribution in [0.3, 0.4) is 0 Å². The Balaban J connectivity index is 1.66. The smallest absolute Gasteiger partial charge is 0.220 e. The van der Waals surface area contributed by atoms with Crippen molar-refractivity contribution in [1.82, 2.24) is 20.1 Å². The molecule has 0 unspecified atom stereocenters. The summed E-state index contributed by atoms with van der Waals surface area (Å²) in [6.45, 7) is 1.23. The lowest BCUT2D eigenvalue weighted by atomic mass is 9.98. The van der Waals surface area contributed by atoms with E-state index < -0.39 is 0 Å². The molecule has 4 rings (SSSR count). The number of benzene rings is 2. The van der Waals surface area contributed by atoms with Crippen LogP contribution in [0.2, 0.25) is 0 Å². The number of carbonyl (C=O) groups is 1. The molecule has 0 saturated carbocycles. The number of methoxy groups -OCH3 is 1. The van der Waals surface area contributed by atoms with Gasteiger partial charge >= 0.3 is 0 Å². The molecule has 2 aromatic carbocycles. The first-order valence-corrected chi connectivity index (χ1v) is 9.13. The van der Waals surface area contributed by atoms with Crippen molar-refractivity contribution in [3.05, 3.63) is 66.0 Å². The summed E-state index contributed by atoms with van der Waals surface area (Å²) in [5.74, 6) is 2.75. The van der Waals surface area contributed by atoms with Crippen LogP contribution in [0.1, 0.15) is 30.1 Å². The van der Waals surface area contributed by atoms with E-state index in [-0.39, 0.29) is 11.8 Å². The molecule has 6 nitrogen and oxygen atoms in total. The molecule has 1 aliphatic rings. The molecule has 1 saturated heterocycles. The molecule has 1 amide bonds. The zero-order chi connectivity index (χ0) is 18.6. The summed E-state index contributed by atoms with van der Waals surface area (Å²) in [5, 5.41) is 7.72. The van der Waals surface area contributed by atoms with Gasteiger partial charge in [-0.15, -0.1) is 0 Å². The average Bonchev–Trinajstić information content (AvgIpc) is 3.13. The summed E-state index contributed by atoms with van der Waals surface area (Å²) >= 11 is 0. The lowest BCUT2D eigenvalue weighted by Gasteiger charge is -2.22. The molecule has 6 heteroatoms. The zero-order valence-corrected chi connectivity index (χ0v) is 15.3. The van der Waals surface area contributed by atoms with Crippen LogP contribution in [-0.2, 0) is 11.3 Å². The number of nitrogens with one attached hydrogen (secondary N) is 1. The van der Waals surface area contributed by atoms with E-state index in [9.17, 15) is 4.79 Å². The molecule has 0 radical (unpaired) electrons. The number of ether oxygens (including phenoxy) is 1. The predicted octanol–water partition coefficient (Wildman–Crippen LogP) is 3.00. The monoisotopic (exact) mass is 362 g/mol. The van der Waals surface area contributed by atoms with Gasteiger partial charge in [0.15, 0.2) is 5.82 Å². The lowest BCUT2D eigenvalue weighted by molar-refractivity contribution is -0.122. The van der Waals surface area contributed by atoms with Crippen LogP contribution >= 0.6 is 0 Å². The molecule has 27 heavy (non-hydrogen) atoms. The van der Waals surface area contributed by atoms with Crippen LogP contribution in [0.4, 0.5) is 0 Å². The summed E-state index contributed by atoms with van der Waals surface area (Å²) in [7, 11) is 1.66. The Morgan fingerprint density at radius 1 is 1.15 bits per heavy atom. The number of amides is 1. The number of hydrogen-bond acceptors (Lipinski definition) is 4. The van der Waals surface area contributed by atoms with Crippen molar-refractivity contribution in [2.75, 3.05) is 13.7 Å². The Kier molecular flexibility index (Phi) is 4.87. The van der Waals surface area contributed by atoms with E-state index in [4.69, 9.17) is 14.8 Å². The normalized spacial score (nSPS) is 16.8. The molecule has 0 aliphatic carbocycles. The van der Waals surface area contributed by atoms with E-state index in [0.717, 1.165) is 34.9 Å². The van der Waals surface area contributed by atoms with Crippen molar-refractivity contribution in [2.24, 2.45) is 0 Å². The third-order valence-electron chi connectivity index (χ3n) is 4.85. The van der Waals surface area contributed by atoms with Crippen LogP contribution in [-0.4, -0.2) is 34.3 Å². The zero-order valence-electron chi connectivity index (χ0n) is 15.3. The molecule has 1 fully saturated rings. The van der Waals surface area contributed by atoms with Gasteiger partial charge in [-0.3, -0.25) is 4.79 Å². The number of nitrogens with zero attached hydrogens (tertiary/aromatic N) is 3. The van der Waals surface area contributed by atoms with Gasteiger partial charge in [0.2, 0.25) is 5.91 Å². The average molecular weight is 362 g/mol. The Bertz CT molecular complexity index is 909. The second-order valence-electron chi connectivity index (χ2n) is 6.71. The Morgan fingerprint density at radius 2 is 1.93 bits per heavy atom. The van der Waals surface area contributed by atoms with Gasteiger partial charge in [0.1, 0.15) is 11.6 Å². The van der Waals surface area contributed by atoms with Gasteiger partial charge in [-0.05, 0) is 24.1 Å². The van der Waals surface area contributed by atoms with Gasteiger partial charge in [-0.1, -0.05) is 42.5 Å². The summed E-state index contributed by atoms with van der Waals surface area (Å²) in [5.41, 5.74) is 2.12. The Labute approximate surface area is 158 Å². The Hall–Kier alpha value is -3.15. The van der Waals surface area contributed by atoms with E-state index in [1.165, 1.54) is 0 Å². The fourth-order valence-electron chi connectivity index (χ4n) is 3.34. The molecular formula is C21H22N4O2. The minimum Gasteiger partial charge on any atom is -0.497 e. The molecule has 1 aromatic heterocycles. The maximum absolute atomic E-state index is 11.5. The van der Waals surface area contributed by atoms with Gasteiger partial charge in [0, 0.05) is 24.4 Å². The van der Waals surface area contributed by atoms with Crippen LogP contribution < -0.4 is 10.1 Å². The number of carbonyl (C=O) groups excluding carboxylic acids is 1. The molecular weight excluding hydrogens is 340 g/mol. The van der Waals surface area contributed by atoms with Gasteiger partial charge in [0.05, 0.1) is 13.7 Å². The molecule has 1 atom stereocenters. The minimum atomic E-state index is 0.107. The number of piperidine rings is 1. The van der Waals surface area contributed by atoms with E-state index in [2.05, 4.69) is 5.32 Å². The number of aromatic nitrogens is 3. The fraction of sp³-hybridized carbons (Fsp3) is 0.286. The second kappa shape index (κ2) is 7.61. The first-order chi connectivity index (χ1) is 13.2. The minimum absolute atomic E-state index is 0.107. The Morgan fingerprint density at radius 3 is 2.59 bits per heavy atom. The van der Waals surface area contributed by atoms with E-state index >= 15 is 0 Å². The highest BCUT2D eigenvalue weighted by Crippen LogP contribution is 2.26. The van der Waals surface area contributed by atoms with Crippen molar-refractivity contribution >= 4 is 5.91 Å². The standard InChI is InChI=1S/C21H22N4O2/c1-27-18-10-7-15(8-11-18)14-25-21(17-9-12-19(26)22-13-17)23-20(24-25)16-5-3-2-4-6-16/h2-8,10-11,17H,9,12-14H2,1H3,(H,22,26)/t17-/m0/s1. The first kappa shape index (κ1) is 17.3. The first-order valence-electron chi connectivity index (χ1n) is 9.13. The number of rotatable bonds is 5. The molecule has 2 heterocycles.